The molecule has 0 atom stereocenters. The van der Waals surface area contributed by atoms with Crippen molar-refractivity contribution in [2.24, 2.45) is 7.05 Å². The van der Waals surface area contributed by atoms with E-state index in [1.807, 2.05) is 88.4 Å². The third kappa shape index (κ3) is 4.43. The fourth-order valence-corrected chi connectivity index (χ4v) is 3.87. The number of amides is 1. The first-order valence-corrected chi connectivity index (χ1v) is 10.7. The maximum Gasteiger partial charge on any atom is 0.255 e. The molecule has 166 valence electrons. The van der Waals surface area contributed by atoms with E-state index in [0.29, 0.717) is 24.3 Å². The molecule has 4 aromatic rings. The molecule has 0 aliphatic rings. The van der Waals surface area contributed by atoms with Gasteiger partial charge in [0.15, 0.2) is 5.65 Å². The number of hydrogen-bond donors (Lipinski definition) is 0. The molecule has 0 saturated carbocycles. The molecule has 7 heteroatoms. The van der Waals surface area contributed by atoms with Gasteiger partial charge in [-0.05, 0) is 46.1 Å². The van der Waals surface area contributed by atoms with Gasteiger partial charge >= 0.3 is 0 Å². The highest BCUT2D eigenvalue weighted by atomic mass is 16.3. The zero-order valence-electron chi connectivity index (χ0n) is 19.3. The Balaban J connectivity index is 1.81. The summed E-state index contributed by atoms with van der Waals surface area (Å²) in [7, 11) is 5.87. The molecule has 0 spiro atoms. The van der Waals surface area contributed by atoms with Crippen LogP contribution in [-0.2, 0) is 13.6 Å². The van der Waals surface area contributed by atoms with Gasteiger partial charge in [-0.3, -0.25) is 9.48 Å². The second-order valence-electron chi connectivity index (χ2n) is 8.37. The minimum absolute atomic E-state index is 0.0541. The number of carbonyl (C=O) groups excluding carboxylic acids is 1. The van der Waals surface area contributed by atoms with Crippen LogP contribution in [0.2, 0.25) is 0 Å². The van der Waals surface area contributed by atoms with Gasteiger partial charge in [0.1, 0.15) is 11.5 Å². The van der Waals surface area contributed by atoms with Crippen LogP contribution in [-0.4, -0.2) is 57.7 Å². The first-order chi connectivity index (χ1) is 15.3. The third-order valence-electron chi connectivity index (χ3n) is 5.52. The van der Waals surface area contributed by atoms with Gasteiger partial charge in [0, 0.05) is 25.7 Å². The van der Waals surface area contributed by atoms with Crippen molar-refractivity contribution in [3.05, 3.63) is 71.3 Å². The van der Waals surface area contributed by atoms with Crippen molar-refractivity contribution < 1.29 is 9.21 Å². The number of hydrogen-bond acceptors (Lipinski definition) is 5. The van der Waals surface area contributed by atoms with Gasteiger partial charge in [-0.25, -0.2) is 4.98 Å². The van der Waals surface area contributed by atoms with Gasteiger partial charge in [-0.2, -0.15) is 5.10 Å². The lowest BCUT2D eigenvalue weighted by atomic mass is 10.0. The summed E-state index contributed by atoms with van der Waals surface area (Å²) in [5.41, 5.74) is 3.82. The van der Waals surface area contributed by atoms with Crippen molar-refractivity contribution in [3.8, 4) is 11.3 Å². The van der Waals surface area contributed by atoms with Crippen LogP contribution < -0.4 is 0 Å². The Hall–Kier alpha value is -3.45. The molecule has 7 nitrogen and oxygen atoms in total. The molecular weight excluding hydrogens is 402 g/mol. The number of likely N-dealkylation sites (N-methyl/N-ethyl adjacent to an activating group) is 1. The standard InChI is InChI=1S/C25H29N5O2/c1-17-11-12-20(32-17)16-30(14-13-28(3)4)25(31)21-15-22(19-9-7-6-8-10-19)26-24-23(21)18(2)27-29(24)5/h6-12,15H,13-14,16H2,1-5H3. The largest absolute Gasteiger partial charge is 0.464 e. The molecular formula is C25H29N5O2. The van der Waals surface area contributed by atoms with Crippen LogP contribution in [0.5, 0.6) is 0 Å². The average Bonchev–Trinajstić information content (AvgIpc) is 3.32. The molecule has 3 heterocycles. The van der Waals surface area contributed by atoms with Crippen molar-refractivity contribution in [1.29, 1.82) is 0 Å². The molecule has 3 aromatic heterocycles. The van der Waals surface area contributed by atoms with Crippen molar-refractivity contribution in [2.75, 3.05) is 27.2 Å². The summed E-state index contributed by atoms with van der Waals surface area (Å²) in [6.45, 7) is 5.56. The first kappa shape index (κ1) is 21.8. The summed E-state index contributed by atoms with van der Waals surface area (Å²) in [6.07, 6.45) is 0. The molecule has 0 aliphatic carbocycles. The van der Waals surface area contributed by atoms with E-state index in [0.717, 1.165) is 40.4 Å². The van der Waals surface area contributed by atoms with Crippen LogP contribution in [0, 0.1) is 13.8 Å². The number of rotatable bonds is 7. The fourth-order valence-electron chi connectivity index (χ4n) is 3.87. The molecule has 0 bridgehead atoms. The lowest BCUT2D eigenvalue weighted by Gasteiger charge is -2.24. The van der Waals surface area contributed by atoms with E-state index in [9.17, 15) is 4.79 Å². The number of carbonyl (C=O) groups is 1. The normalized spacial score (nSPS) is 11.4. The van der Waals surface area contributed by atoms with Crippen LogP contribution in [0.15, 0.2) is 52.9 Å². The predicted molar refractivity (Wildman–Crippen MR) is 125 cm³/mol. The molecule has 32 heavy (non-hydrogen) atoms. The molecule has 0 fully saturated rings. The van der Waals surface area contributed by atoms with Crippen LogP contribution in [0.1, 0.15) is 27.6 Å². The molecule has 1 aromatic carbocycles. The smallest absolute Gasteiger partial charge is 0.255 e. The Morgan fingerprint density at radius 3 is 2.47 bits per heavy atom. The summed E-state index contributed by atoms with van der Waals surface area (Å²) < 4.78 is 7.52. The van der Waals surface area contributed by atoms with E-state index >= 15 is 0 Å². The Morgan fingerprint density at radius 1 is 1.06 bits per heavy atom. The number of furan rings is 1. The Bertz CT molecular complexity index is 1240. The van der Waals surface area contributed by atoms with Crippen LogP contribution >= 0.6 is 0 Å². The van der Waals surface area contributed by atoms with Gasteiger partial charge in [0.2, 0.25) is 0 Å². The molecule has 0 N–H and O–H groups in total. The highest BCUT2D eigenvalue weighted by Gasteiger charge is 2.24. The average molecular weight is 432 g/mol. The Labute approximate surface area is 188 Å². The highest BCUT2D eigenvalue weighted by Crippen LogP contribution is 2.28. The summed E-state index contributed by atoms with van der Waals surface area (Å²) in [5, 5.41) is 5.34. The maximum absolute atomic E-state index is 13.9. The van der Waals surface area contributed by atoms with Gasteiger partial charge in [0.05, 0.1) is 28.9 Å². The number of nitrogens with zero attached hydrogens (tertiary/aromatic N) is 5. The molecule has 0 aliphatic heterocycles. The lowest BCUT2D eigenvalue weighted by molar-refractivity contribution is 0.0721. The zero-order chi connectivity index (χ0) is 22.8. The second kappa shape index (κ2) is 8.96. The zero-order valence-corrected chi connectivity index (χ0v) is 19.3. The van der Waals surface area contributed by atoms with Crippen molar-refractivity contribution in [3.63, 3.8) is 0 Å². The summed E-state index contributed by atoms with van der Waals surface area (Å²) in [4.78, 5) is 22.7. The summed E-state index contributed by atoms with van der Waals surface area (Å²) in [6, 6.07) is 15.7. The number of aryl methyl sites for hydroxylation is 3. The van der Waals surface area contributed by atoms with E-state index in [-0.39, 0.29) is 5.91 Å². The van der Waals surface area contributed by atoms with E-state index in [4.69, 9.17) is 9.40 Å². The van der Waals surface area contributed by atoms with Crippen molar-refractivity contribution in [2.45, 2.75) is 20.4 Å². The molecule has 0 unspecified atom stereocenters. The lowest BCUT2D eigenvalue weighted by Crippen LogP contribution is -2.36. The van der Waals surface area contributed by atoms with Crippen LogP contribution in [0.25, 0.3) is 22.3 Å². The first-order valence-electron chi connectivity index (χ1n) is 10.7. The van der Waals surface area contributed by atoms with E-state index in [2.05, 4.69) is 10.00 Å². The number of fused-ring (bicyclic) bond motifs is 1. The molecule has 4 rings (SSSR count). The minimum Gasteiger partial charge on any atom is -0.464 e. The van der Waals surface area contributed by atoms with Crippen LogP contribution in [0.3, 0.4) is 0 Å². The fraction of sp³-hybridized carbons (Fsp3) is 0.320. The number of aromatic nitrogens is 3. The van der Waals surface area contributed by atoms with Gasteiger partial charge in [-0.1, -0.05) is 30.3 Å². The predicted octanol–water partition coefficient (Wildman–Crippen LogP) is 4.05. The summed E-state index contributed by atoms with van der Waals surface area (Å²) in [5.74, 6) is 1.55. The third-order valence-corrected chi connectivity index (χ3v) is 5.52. The molecule has 1 amide bonds. The topological polar surface area (TPSA) is 67.4 Å². The minimum atomic E-state index is -0.0541. The SMILES string of the molecule is Cc1ccc(CN(CCN(C)C)C(=O)c2cc(-c3ccccc3)nc3c2c(C)nn3C)o1. The number of pyridine rings is 1. The highest BCUT2D eigenvalue weighted by molar-refractivity contribution is 6.07. The maximum atomic E-state index is 13.9. The van der Waals surface area contributed by atoms with Gasteiger partial charge < -0.3 is 14.2 Å². The van der Waals surface area contributed by atoms with Crippen molar-refractivity contribution >= 4 is 16.9 Å². The Morgan fingerprint density at radius 2 is 1.81 bits per heavy atom. The summed E-state index contributed by atoms with van der Waals surface area (Å²) >= 11 is 0. The van der Waals surface area contributed by atoms with Gasteiger partial charge in [0.25, 0.3) is 5.91 Å². The van der Waals surface area contributed by atoms with Crippen molar-refractivity contribution in [1.82, 2.24) is 24.6 Å². The van der Waals surface area contributed by atoms with E-state index < -0.39 is 0 Å². The van der Waals surface area contributed by atoms with E-state index in [1.54, 1.807) is 4.68 Å². The monoisotopic (exact) mass is 431 g/mol. The molecule has 0 saturated heterocycles. The second-order valence-corrected chi connectivity index (χ2v) is 8.37. The van der Waals surface area contributed by atoms with Gasteiger partial charge in [-0.15, -0.1) is 0 Å². The van der Waals surface area contributed by atoms with Crippen LogP contribution in [0.4, 0.5) is 0 Å². The molecule has 0 radical (unpaired) electrons. The van der Waals surface area contributed by atoms with E-state index in [1.165, 1.54) is 0 Å². The Kier molecular flexibility index (Phi) is 6.10. The quantitative estimate of drug-likeness (QED) is 0.442. The number of benzene rings is 1.